The number of carbonyl (C=O) groups excluding carboxylic acids is 3. The van der Waals surface area contributed by atoms with Crippen molar-refractivity contribution < 1.29 is 57.1 Å². The molecule has 0 fully saturated rings. The summed E-state index contributed by atoms with van der Waals surface area (Å²) in [4.78, 5) is 35.4. The number of ether oxygens (including phenoxy) is 3. The van der Waals surface area contributed by atoms with E-state index in [0.29, 0.717) is 13.0 Å². The molecular weight excluding hydrogens is 635 g/mol. The number of unbranched alkanes of at least 4 members (excludes halogenated alkanes) is 16. The topological polar surface area (TPSA) is 90.9 Å². The van der Waals surface area contributed by atoms with Gasteiger partial charge in [0.1, 0.15) is 13.2 Å². The second-order valence-electron chi connectivity index (χ2n) is 12.2. The molecule has 9 heteroatoms. The van der Waals surface area contributed by atoms with Crippen LogP contribution in [0, 0.1) is 0 Å². The van der Waals surface area contributed by atoms with Crippen molar-refractivity contribution in [3.05, 3.63) is 0 Å². The number of hydrogen-bond acceptors (Lipinski definition) is 6. The maximum absolute atomic E-state index is 12.0. The van der Waals surface area contributed by atoms with Gasteiger partial charge in [-0.05, 0) is 19.3 Å². The van der Waals surface area contributed by atoms with Crippen molar-refractivity contribution in [2.24, 2.45) is 0 Å². The number of quaternary nitrogens is 1. The van der Waals surface area contributed by atoms with Gasteiger partial charge < -0.3 is 48.0 Å². The molecule has 0 aromatic heterocycles. The predicted molar refractivity (Wildman–Crippen MR) is 162 cm³/mol. The standard InChI is InChI=1S/C32H62N2O6.HI/c1-6-7-8-9-10-11-12-13-14-15-16-17-18-19-20-22-25-33-32(37)39-28-30(40-29(2)35)27-38-31(36)24-21-23-26-34(3,4)5;/h30H,6-28H2,1-5H3;1H. The maximum Gasteiger partial charge on any atom is 0.407 e. The predicted octanol–water partition coefficient (Wildman–Crippen LogP) is 4.33. The molecule has 0 radical (unpaired) electrons. The van der Waals surface area contributed by atoms with Gasteiger partial charge >= 0.3 is 18.0 Å². The monoisotopic (exact) mass is 698 g/mol. The van der Waals surface area contributed by atoms with Gasteiger partial charge in [0, 0.05) is 19.9 Å². The summed E-state index contributed by atoms with van der Waals surface area (Å²) in [6, 6.07) is 0. The van der Waals surface area contributed by atoms with Crippen molar-refractivity contribution in [1.29, 1.82) is 0 Å². The van der Waals surface area contributed by atoms with E-state index < -0.39 is 18.2 Å². The fourth-order valence-electron chi connectivity index (χ4n) is 4.55. The van der Waals surface area contributed by atoms with Crippen LogP contribution < -0.4 is 29.3 Å². The average molecular weight is 699 g/mol. The SMILES string of the molecule is CCCCCCCCCCCCCCCCCCNC(=O)OCC(COC(=O)CCCC[N+](C)(C)C)OC(C)=O.[I-]. The molecule has 244 valence electrons. The van der Waals surface area contributed by atoms with E-state index >= 15 is 0 Å². The van der Waals surface area contributed by atoms with Crippen LogP contribution in [0.15, 0.2) is 0 Å². The summed E-state index contributed by atoms with van der Waals surface area (Å²) in [5, 5.41) is 2.74. The molecule has 0 saturated carbocycles. The van der Waals surface area contributed by atoms with Crippen molar-refractivity contribution in [2.75, 3.05) is 47.4 Å². The molecule has 0 saturated heterocycles. The summed E-state index contributed by atoms with van der Waals surface area (Å²) >= 11 is 0. The summed E-state index contributed by atoms with van der Waals surface area (Å²) < 4.78 is 16.4. The molecule has 0 spiro atoms. The molecule has 0 aromatic carbocycles. The van der Waals surface area contributed by atoms with Crippen LogP contribution in [0.5, 0.6) is 0 Å². The zero-order chi connectivity index (χ0) is 29.9. The van der Waals surface area contributed by atoms with Gasteiger partial charge in [0.05, 0.1) is 27.7 Å². The van der Waals surface area contributed by atoms with Crippen molar-refractivity contribution in [1.82, 2.24) is 5.32 Å². The van der Waals surface area contributed by atoms with Crippen LogP contribution in [-0.2, 0) is 23.8 Å². The van der Waals surface area contributed by atoms with Crippen LogP contribution >= 0.6 is 0 Å². The lowest BCUT2D eigenvalue weighted by molar-refractivity contribution is -0.870. The van der Waals surface area contributed by atoms with Gasteiger partial charge in [0.2, 0.25) is 0 Å². The molecule has 0 bridgehead atoms. The highest BCUT2D eigenvalue weighted by Crippen LogP contribution is 2.13. The number of carbonyl (C=O) groups is 3. The van der Waals surface area contributed by atoms with E-state index in [1.807, 2.05) is 0 Å². The van der Waals surface area contributed by atoms with Gasteiger partial charge in [0.25, 0.3) is 0 Å². The Morgan fingerprint density at radius 1 is 0.659 bits per heavy atom. The molecule has 0 aromatic rings. The van der Waals surface area contributed by atoms with E-state index in [1.54, 1.807) is 0 Å². The van der Waals surface area contributed by atoms with Crippen LogP contribution in [0.1, 0.15) is 136 Å². The molecular formula is C32H63IN2O6. The van der Waals surface area contributed by atoms with Crippen LogP contribution in [0.4, 0.5) is 4.79 Å². The number of rotatable bonds is 27. The molecule has 0 aliphatic rings. The van der Waals surface area contributed by atoms with Gasteiger partial charge in [-0.1, -0.05) is 103 Å². The van der Waals surface area contributed by atoms with Crippen LogP contribution in [-0.4, -0.2) is 76.1 Å². The third-order valence-corrected chi connectivity index (χ3v) is 6.92. The Hall–Kier alpha value is -1.10. The molecule has 41 heavy (non-hydrogen) atoms. The minimum absolute atomic E-state index is 0. The molecule has 1 amide bonds. The fraction of sp³-hybridized carbons (Fsp3) is 0.906. The number of halogens is 1. The van der Waals surface area contributed by atoms with Gasteiger partial charge in [0.15, 0.2) is 6.10 Å². The highest BCUT2D eigenvalue weighted by atomic mass is 127. The number of amides is 1. The number of nitrogens with one attached hydrogen (secondary N) is 1. The maximum atomic E-state index is 12.0. The second-order valence-corrected chi connectivity index (χ2v) is 12.2. The van der Waals surface area contributed by atoms with E-state index in [9.17, 15) is 14.4 Å². The zero-order valence-electron chi connectivity index (χ0n) is 27.1. The Morgan fingerprint density at radius 3 is 1.59 bits per heavy atom. The highest BCUT2D eigenvalue weighted by molar-refractivity contribution is 5.69. The molecule has 8 nitrogen and oxygen atoms in total. The van der Waals surface area contributed by atoms with Crippen molar-refractivity contribution >= 4 is 18.0 Å². The second kappa shape index (κ2) is 29.0. The summed E-state index contributed by atoms with van der Waals surface area (Å²) in [5.41, 5.74) is 0. The third-order valence-electron chi connectivity index (χ3n) is 6.92. The summed E-state index contributed by atoms with van der Waals surface area (Å²) in [5.74, 6) is -0.854. The van der Waals surface area contributed by atoms with E-state index in [4.69, 9.17) is 14.2 Å². The summed E-state index contributed by atoms with van der Waals surface area (Å²) in [6.45, 7) is 4.80. The number of hydrogen-bond donors (Lipinski definition) is 1. The number of nitrogens with zero attached hydrogens (tertiary/aromatic N) is 1. The fourth-order valence-corrected chi connectivity index (χ4v) is 4.55. The zero-order valence-corrected chi connectivity index (χ0v) is 29.3. The summed E-state index contributed by atoms with van der Waals surface area (Å²) in [7, 11) is 6.33. The lowest BCUT2D eigenvalue weighted by atomic mass is 10.0. The first-order chi connectivity index (χ1) is 19.1. The van der Waals surface area contributed by atoms with Crippen LogP contribution in [0.25, 0.3) is 0 Å². The Morgan fingerprint density at radius 2 is 1.12 bits per heavy atom. The molecule has 0 heterocycles. The molecule has 0 aliphatic carbocycles. The van der Waals surface area contributed by atoms with Crippen molar-refractivity contribution in [3.63, 3.8) is 0 Å². The highest BCUT2D eigenvalue weighted by Gasteiger charge is 2.18. The molecule has 0 aliphatic heterocycles. The Labute approximate surface area is 269 Å². The largest absolute Gasteiger partial charge is 1.00 e. The van der Waals surface area contributed by atoms with Gasteiger partial charge in [-0.25, -0.2) is 4.79 Å². The summed E-state index contributed by atoms with van der Waals surface area (Å²) in [6.07, 6.45) is 21.5. The first-order valence-electron chi connectivity index (χ1n) is 16.2. The minimum Gasteiger partial charge on any atom is -1.00 e. The first-order valence-corrected chi connectivity index (χ1v) is 16.2. The van der Waals surface area contributed by atoms with Gasteiger partial charge in [-0.15, -0.1) is 0 Å². The first kappa shape index (κ1) is 42.0. The average Bonchev–Trinajstić information content (AvgIpc) is 2.89. The molecule has 1 atom stereocenters. The lowest BCUT2D eigenvalue weighted by Crippen LogP contribution is -3.00. The third kappa shape index (κ3) is 33.3. The molecule has 0 rings (SSSR count). The molecule has 1 unspecified atom stereocenters. The van der Waals surface area contributed by atoms with E-state index in [2.05, 4.69) is 33.4 Å². The molecule has 1 N–H and O–H groups in total. The Bertz CT molecular complexity index is 642. The van der Waals surface area contributed by atoms with Crippen LogP contribution in [0.3, 0.4) is 0 Å². The number of alkyl carbamates (subject to hydrolysis) is 1. The minimum atomic E-state index is -0.811. The van der Waals surface area contributed by atoms with E-state index in [-0.39, 0.29) is 43.2 Å². The van der Waals surface area contributed by atoms with Crippen molar-refractivity contribution in [3.8, 4) is 0 Å². The van der Waals surface area contributed by atoms with Gasteiger partial charge in [-0.2, -0.15) is 0 Å². The number of esters is 2. The van der Waals surface area contributed by atoms with Crippen molar-refractivity contribution in [2.45, 2.75) is 142 Å². The normalized spacial score (nSPS) is 11.8. The van der Waals surface area contributed by atoms with E-state index in [0.717, 1.165) is 36.7 Å². The quantitative estimate of drug-likeness (QED) is 0.0452. The van der Waals surface area contributed by atoms with Gasteiger partial charge in [-0.3, -0.25) is 9.59 Å². The van der Waals surface area contributed by atoms with E-state index in [1.165, 1.54) is 96.8 Å². The lowest BCUT2D eigenvalue weighted by Gasteiger charge is -2.23. The smallest absolute Gasteiger partial charge is 0.407 e. The van der Waals surface area contributed by atoms with Crippen LogP contribution in [0.2, 0.25) is 0 Å². The Kier molecular flexibility index (Phi) is 29.7. The Balaban J connectivity index is 0.